The van der Waals surface area contributed by atoms with Gasteiger partial charge in [-0.05, 0) is 31.4 Å². The maximum atomic E-state index is 9.62. The molecule has 17 heavy (non-hydrogen) atoms. The van der Waals surface area contributed by atoms with Gasteiger partial charge in [0.2, 0.25) is 0 Å². The summed E-state index contributed by atoms with van der Waals surface area (Å²) in [5, 5.41) is 13.0. The van der Waals surface area contributed by atoms with Gasteiger partial charge < -0.3 is 16.2 Å². The van der Waals surface area contributed by atoms with Crippen LogP contribution in [-0.4, -0.2) is 22.2 Å². The molecule has 0 amide bonds. The maximum absolute atomic E-state index is 9.62. The van der Waals surface area contributed by atoms with E-state index < -0.39 is 0 Å². The highest BCUT2D eigenvalue weighted by atomic mass is 16.3. The quantitative estimate of drug-likeness (QED) is 0.750. The molecule has 1 aromatic rings. The second kappa shape index (κ2) is 4.92. The van der Waals surface area contributed by atoms with Gasteiger partial charge >= 0.3 is 0 Å². The van der Waals surface area contributed by atoms with E-state index in [0.29, 0.717) is 11.5 Å². The number of aliphatic hydroxyl groups excluding tert-OH is 1. The number of aromatic nitrogens is 1. The fourth-order valence-electron chi connectivity index (χ4n) is 2.50. The van der Waals surface area contributed by atoms with Gasteiger partial charge in [-0.3, -0.25) is 0 Å². The normalized spacial score (nSPS) is 18.9. The molecule has 94 valence electrons. The first-order chi connectivity index (χ1) is 8.15. The number of pyridine rings is 1. The van der Waals surface area contributed by atoms with E-state index in [1.54, 1.807) is 6.20 Å². The summed E-state index contributed by atoms with van der Waals surface area (Å²) in [6.45, 7) is 2.11. The predicted molar refractivity (Wildman–Crippen MR) is 69.9 cm³/mol. The lowest BCUT2D eigenvalue weighted by Gasteiger charge is -2.37. The maximum Gasteiger partial charge on any atom is 0.149 e. The topological polar surface area (TPSA) is 71.2 Å². The molecule has 1 fully saturated rings. The molecule has 1 aromatic heterocycles. The number of rotatable bonds is 3. The third kappa shape index (κ3) is 2.69. The Bertz CT molecular complexity index is 386. The molecular formula is C13H21N3O. The number of aryl methyl sites for hydroxylation is 1. The highest BCUT2D eigenvalue weighted by Crippen LogP contribution is 2.32. The lowest BCUT2D eigenvalue weighted by molar-refractivity contribution is 0.172. The summed E-state index contributed by atoms with van der Waals surface area (Å²) in [4.78, 5) is 4.32. The van der Waals surface area contributed by atoms with E-state index in [0.717, 1.165) is 31.2 Å². The van der Waals surface area contributed by atoms with Crippen molar-refractivity contribution in [1.29, 1.82) is 0 Å². The summed E-state index contributed by atoms with van der Waals surface area (Å²) >= 11 is 0. The van der Waals surface area contributed by atoms with Crippen molar-refractivity contribution in [2.75, 3.05) is 17.7 Å². The Balaban J connectivity index is 2.17. The summed E-state index contributed by atoms with van der Waals surface area (Å²) in [6, 6.07) is 1.91. The average molecular weight is 235 g/mol. The van der Waals surface area contributed by atoms with Crippen LogP contribution < -0.4 is 11.1 Å². The molecule has 2 rings (SSSR count). The lowest BCUT2D eigenvalue weighted by Crippen LogP contribution is -2.44. The Morgan fingerprint density at radius 2 is 2.12 bits per heavy atom. The molecule has 1 aliphatic carbocycles. The Hall–Kier alpha value is -1.29. The number of aliphatic hydroxyl groups is 1. The highest BCUT2D eigenvalue weighted by Gasteiger charge is 2.31. The van der Waals surface area contributed by atoms with Gasteiger partial charge in [0, 0.05) is 6.20 Å². The zero-order valence-electron chi connectivity index (χ0n) is 10.4. The van der Waals surface area contributed by atoms with Crippen LogP contribution in [0.25, 0.3) is 0 Å². The Labute approximate surface area is 102 Å². The minimum atomic E-state index is -0.228. The molecule has 4 N–H and O–H groups in total. The summed E-state index contributed by atoms with van der Waals surface area (Å²) in [6.07, 6.45) is 7.32. The van der Waals surface area contributed by atoms with Gasteiger partial charge in [-0.15, -0.1) is 0 Å². The zero-order valence-corrected chi connectivity index (χ0v) is 10.4. The van der Waals surface area contributed by atoms with Crippen LogP contribution in [-0.2, 0) is 0 Å². The van der Waals surface area contributed by atoms with Crippen LogP contribution in [0, 0.1) is 6.92 Å². The van der Waals surface area contributed by atoms with E-state index >= 15 is 0 Å². The molecular weight excluding hydrogens is 214 g/mol. The first-order valence-electron chi connectivity index (χ1n) is 6.26. The minimum absolute atomic E-state index is 0.141. The van der Waals surface area contributed by atoms with Crippen LogP contribution in [0.3, 0.4) is 0 Å². The lowest BCUT2D eigenvalue weighted by atomic mass is 9.82. The second-order valence-electron chi connectivity index (χ2n) is 5.07. The molecule has 0 aromatic carbocycles. The number of nitrogens with one attached hydrogen (secondary N) is 1. The van der Waals surface area contributed by atoms with E-state index in [9.17, 15) is 5.11 Å². The molecule has 0 unspecified atom stereocenters. The van der Waals surface area contributed by atoms with Crippen LogP contribution in [0.4, 0.5) is 11.5 Å². The van der Waals surface area contributed by atoms with Crippen molar-refractivity contribution < 1.29 is 5.11 Å². The van der Waals surface area contributed by atoms with E-state index in [4.69, 9.17) is 5.73 Å². The van der Waals surface area contributed by atoms with Gasteiger partial charge in [-0.25, -0.2) is 4.98 Å². The number of nitrogens with zero attached hydrogens (tertiary/aromatic N) is 1. The van der Waals surface area contributed by atoms with Crippen molar-refractivity contribution in [1.82, 2.24) is 4.98 Å². The van der Waals surface area contributed by atoms with Crippen molar-refractivity contribution in [2.45, 2.75) is 44.6 Å². The van der Waals surface area contributed by atoms with Crippen molar-refractivity contribution in [3.8, 4) is 0 Å². The number of anilines is 2. The number of hydrogen-bond donors (Lipinski definition) is 3. The highest BCUT2D eigenvalue weighted by molar-refractivity contribution is 5.62. The smallest absolute Gasteiger partial charge is 0.149 e. The fourth-order valence-corrected chi connectivity index (χ4v) is 2.50. The zero-order chi connectivity index (χ0) is 12.3. The predicted octanol–water partition coefficient (Wildman–Crippen LogP) is 2.08. The summed E-state index contributed by atoms with van der Waals surface area (Å²) < 4.78 is 0. The van der Waals surface area contributed by atoms with Gasteiger partial charge in [0.25, 0.3) is 0 Å². The monoisotopic (exact) mass is 235 g/mol. The van der Waals surface area contributed by atoms with Gasteiger partial charge in [-0.1, -0.05) is 19.3 Å². The molecule has 4 nitrogen and oxygen atoms in total. The van der Waals surface area contributed by atoms with Crippen molar-refractivity contribution in [3.05, 3.63) is 17.8 Å². The van der Waals surface area contributed by atoms with Crippen LogP contribution in [0.2, 0.25) is 0 Å². The third-order valence-electron chi connectivity index (χ3n) is 3.55. The number of nitrogen functional groups attached to an aromatic ring is 1. The summed E-state index contributed by atoms with van der Waals surface area (Å²) in [5.41, 5.74) is 7.42. The molecule has 0 bridgehead atoms. The molecule has 0 radical (unpaired) electrons. The van der Waals surface area contributed by atoms with Gasteiger partial charge in [0.15, 0.2) is 0 Å². The standard InChI is InChI=1S/C13H21N3O/c1-10-7-11(14)12(15-8-10)16-13(9-17)5-3-2-4-6-13/h7-8,17H,2-6,9,14H2,1H3,(H,15,16). The molecule has 0 aliphatic heterocycles. The van der Waals surface area contributed by atoms with Gasteiger partial charge in [0.05, 0.1) is 17.8 Å². The average Bonchev–Trinajstić information content (AvgIpc) is 2.34. The van der Waals surface area contributed by atoms with Crippen molar-refractivity contribution in [2.24, 2.45) is 0 Å². The molecule has 1 aliphatic rings. The summed E-state index contributed by atoms with van der Waals surface area (Å²) in [7, 11) is 0. The number of nitrogens with two attached hydrogens (primary N) is 1. The third-order valence-corrected chi connectivity index (χ3v) is 3.55. The van der Waals surface area contributed by atoms with E-state index in [1.165, 1.54) is 6.42 Å². The molecule has 0 atom stereocenters. The first-order valence-corrected chi connectivity index (χ1v) is 6.26. The van der Waals surface area contributed by atoms with Crippen LogP contribution in [0.15, 0.2) is 12.3 Å². The molecule has 0 saturated heterocycles. The summed E-state index contributed by atoms with van der Waals surface area (Å²) in [5.74, 6) is 0.701. The van der Waals surface area contributed by atoms with Crippen molar-refractivity contribution >= 4 is 11.5 Å². The SMILES string of the molecule is Cc1cnc(NC2(CO)CCCCC2)c(N)c1. The van der Waals surface area contributed by atoms with Gasteiger partial charge in [0.1, 0.15) is 5.82 Å². The molecule has 1 heterocycles. The van der Waals surface area contributed by atoms with Crippen LogP contribution >= 0.6 is 0 Å². The van der Waals surface area contributed by atoms with Crippen LogP contribution in [0.1, 0.15) is 37.7 Å². The molecule has 1 saturated carbocycles. The Morgan fingerprint density at radius 3 is 2.71 bits per heavy atom. The fraction of sp³-hybridized carbons (Fsp3) is 0.615. The van der Waals surface area contributed by atoms with Gasteiger partial charge in [-0.2, -0.15) is 0 Å². The number of hydrogen-bond acceptors (Lipinski definition) is 4. The second-order valence-corrected chi connectivity index (χ2v) is 5.07. The molecule has 0 spiro atoms. The Morgan fingerprint density at radius 1 is 1.41 bits per heavy atom. The van der Waals surface area contributed by atoms with Crippen molar-refractivity contribution in [3.63, 3.8) is 0 Å². The molecule has 4 heteroatoms. The van der Waals surface area contributed by atoms with E-state index in [-0.39, 0.29) is 12.1 Å². The largest absolute Gasteiger partial charge is 0.396 e. The van der Waals surface area contributed by atoms with Crippen LogP contribution in [0.5, 0.6) is 0 Å². The Kier molecular flexibility index (Phi) is 3.52. The van der Waals surface area contributed by atoms with E-state index in [2.05, 4.69) is 10.3 Å². The first kappa shape index (κ1) is 12.2. The van der Waals surface area contributed by atoms with E-state index in [1.807, 2.05) is 13.0 Å². The minimum Gasteiger partial charge on any atom is -0.396 e.